The van der Waals surface area contributed by atoms with Crippen LogP contribution >= 0.6 is 0 Å². The lowest BCUT2D eigenvalue weighted by Crippen LogP contribution is -2.15. The molecule has 1 heterocycles. The van der Waals surface area contributed by atoms with Crippen molar-refractivity contribution in [2.75, 3.05) is 23.7 Å². The molecule has 6 nitrogen and oxygen atoms in total. The molecule has 1 aromatic heterocycles. The number of unbranched alkanes of at least 4 members (excludes halogenated alkanes) is 1. The number of carbonyl (C=O) groups excluding carboxylic acids is 1. The Kier molecular flexibility index (Phi) is 6.19. The number of nitrogens with one attached hydrogen (secondary N) is 2. The molecule has 0 aromatic carbocycles. The van der Waals surface area contributed by atoms with Crippen LogP contribution in [0.4, 0.5) is 24.9 Å². The zero-order valence-corrected chi connectivity index (χ0v) is 11.6. The van der Waals surface area contributed by atoms with Crippen LogP contribution in [0.15, 0.2) is 6.07 Å². The zero-order valence-electron chi connectivity index (χ0n) is 11.6. The number of nitrogens with two attached hydrogens (primary N) is 1. The van der Waals surface area contributed by atoms with Crippen LogP contribution in [0.1, 0.15) is 31.9 Å². The van der Waals surface area contributed by atoms with Gasteiger partial charge in [-0.05, 0) is 19.8 Å². The zero-order chi connectivity index (χ0) is 15.9. The van der Waals surface area contributed by atoms with Crippen molar-refractivity contribution in [2.24, 2.45) is 5.73 Å². The van der Waals surface area contributed by atoms with Crippen LogP contribution in [0.5, 0.6) is 0 Å². The molecule has 0 aliphatic carbocycles. The Morgan fingerprint density at radius 1 is 1.29 bits per heavy atom. The summed E-state index contributed by atoms with van der Waals surface area (Å²) in [6.07, 6.45) is -3.11. The molecule has 1 aromatic rings. The number of alkyl halides is 3. The Morgan fingerprint density at radius 2 is 2.00 bits per heavy atom. The van der Waals surface area contributed by atoms with Crippen LogP contribution in [-0.4, -0.2) is 29.0 Å². The molecule has 0 unspecified atom stereocenters. The molecule has 0 radical (unpaired) electrons. The van der Waals surface area contributed by atoms with E-state index in [2.05, 4.69) is 20.6 Å². The largest absolute Gasteiger partial charge is 0.433 e. The molecule has 0 fully saturated rings. The molecule has 0 saturated heterocycles. The van der Waals surface area contributed by atoms with E-state index in [9.17, 15) is 18.0 Å². The Morgan fingerprint density at radius 3 is 2.57 bits per heavy atom. The smallest absolute Gasteiger partial charge is 0.370 e. The van der Waals surface area contributed by atoms with E-state index in [1.165, 1.54) is 0 Å². The summed E-state index contributed by atoms with van der Waals surface area (Å²) in [5, 5.41) is 5.44. The fraction of sp³-hybridized carbons (Fsp3) is 0.583. The van der Waals surface area contributed by atoms with Crippen molar-refractivity contribution < 1.29 is 18.0 Å². The molecule has 1 rings (SSSR count). The number of carbonyl (C=O) groups is 1. The maximum absolute atomic E-state index is 12.7. The van der Waals surface area contributed by atoms with Gasteiger partial charge in [-0.15, -0.1) is 0 Å². The van der Waals surface area contributed by atoms with Crippen LogP contribution in [-0.2, 0) is 11.0 Å². The first-order valence-electron chi connectivity index (χ1n) is 6.55. The van der Waals surface area contributed by atoms with E-state index in [1.807, 2.05) is 0 Å². The van der Waals surface area contributed by atoms with Gasteiger partial charge >= 0.3 is 6.18 Å². The number of halogens is 3. The van der Waals surface area contributed by atoms with Gasteiger partial charge in [0, 0.05) is 25.6 Å². The summed E-state index contributed by atoms with van der Waals surface area (Å²) < 4.78 is 38.2. The highest BCUT2D eigenvalue weighted by atomic mass is 19.4. The van der Waals surface area contributed by atoms with Crippen LogP contribution in [0.2, 0.25) is 0 Å². The first-order chi connectivity index (χ1) is 9.82. The number of primary amides is 1. The van der Waals surface area contributed by atoms with Crippen molar-refractivity contribution in [3.8, 4) is 0 Å². The molecule has 118 valence electrons. The fourth-order valence-corrected chi connectivity index (χ4v) is 1.56. The molecular formula is C12H18F3N5O. The SMILES string of the molecule is CCNc1nc(NCCCCC(N)=O)cc(C(F)(F)F)n1. The van der Waals surface area contributed by atoms with Gasteiger partial charge in [0.25, 0.3) is 0 Å². The molecule has 0 atom stereocenters. The molecule has 0 aliphatic rings. The lowest BCUT2D eigenvalue weighted by molar-refractivity contribution is -0.141. The van der Waals surface area contributed by atoms with Crippen LogP contribution in [0.25, 0.3) is 0 Å². The second kappa shape index (κ2) is 7.65. The monoisotopic (exact) mass is 305 g/mol. The maximum Gasteiger partial charge on any atom is 0.433 e. The summed E-state index contributed by atoms with van der Waals surface area (Å²) in [6.45, 7) is 2.55. The molecule has 0 spiro atoms. The Balaban J connectivity index is 2.67. The summed E-state index contributed by atoms with van der Waals surface area (Å²) in [4.78, 5) is 17.9. The Bertz CT molecular complexity index is 478. The van der Waals surface area contributed by atoms with E-state index in [0.29, 0.717) is 25.9 Å². The summed E-state index contributed by atoms with van der Waals surface area (Å²) in [7, 11) is 0. The Labute approximate surface area is 120 Å². The first-order valence-corrected chi connectivity index (χ1v) is 6.55. The van der Waals surface area contributed by atoms with Gasteiger partial charge in [0.1, 0.15) is 5.82 Å². The van der Waals surface area contributed by atoms with Crippen LogP contribution in [0, 0.1) is 0 Å². The van der Waals surface area contributed by atoms with E-state index in [4.69, 9.17) is 5.73 Å². The van der Waals surface area contributed by atoms with Crippen molar-refractivity contribution in [2.45, 2.75) is 32.4 Å². The summed E-state index contributed by atoms with van der Waals surface area (Å²) in [5.41, 5.74) is 3.99. The number of nitrogens with zero attached hydrogens (tertiary/aromatic N) is 2. The normalized spacial score (nSPS) is 11.2. The third-order valence-corrected chi connectivity index (χ3v) is 2.51. The lowest BCUT2D eigenvalue weighted by atomic mass is 10.2. The molecule has 0 bridgehead atoms. The number of anilines is 2. The van der Waals surface area contributed by atoms with Gasteiger partial charge in [-0.2, -0.15) is 18.2 Å². The van der Waals surface area contributed by atoms with Crippen molar-refractivity contribution in [1.29, 1.82) is 0 Å². The van der Waals surface area contributed by atoms with Crippen molar-refractivity contribution in [3.63, 3.8) is 0 Å². The second-order valence-electron chi connectivity index (χ2n) is 4.34. The molecule has 9 heteroatoms. The lowest BCUT2D eigenvalue weighted by Gasteiger charge is -2.12. The predicted molar refractivity (Wildman–Crippen MR) is 72.7 cm³/mol. The molecule has 1 amide bonds. The summed E-state index contributed by atoms with van der Waals surface area (Å²) in [6, 6.07) is 0.856. The second-order valence-corrected chi connectivity index (χ2v) is 4.34. The minimum absolute atomic E-state index is 0.0769. The average molecular weight is 305 g/mol. The third-order valence-electron chi connectivity index (χ3n) is 2.51. The predicted octanol–water partition coefficient (Wildman–Crippen LogP) is 1.99. The molecule has 0 saturated carbocycles. The van der Waals surface area contributed by atoms with Gasteiger partial charge in [-0.1, -0.05) is 0 Å². The first kappa shape index (κ1) is 17.0. The van der Waals surface area contributed by atoms with Crippen molar-refractivity contribution in [3.05, 3.63) is 11.8 Å². The minimum Gasteiger partial charge on any atom is -0.370 e. The maximum atomic E-state index is 12.7. The van der Waals surface area contributed by atoms with E-state index in [0.717, 1.165) is 6.07 Å². The summed E-state index contributed by atoms with van der Waals surface area (Å²) >= 11 is 0. The molecule has 21 heavy (non-hydrogen) atoms. The van der Waals surface area contributed by atoms with E-state index < -0.39 is 17.8 Å². The van der Waals surface area contributed by atoms with Crippen LogP contribution < -0.4 is 16.4 Å². The number of hydrogen-bond acceptors (Lipinski definition) is 5. The van der Waals surface area contributed by atoms with Crippen LogP contribution in [0.3, 0.4) is 0 Å². The molecular weight excluding hydrogens is 287 g/mol. The fourth-order valence-electron chi connectivity index (χ4n) is 1.56. The van der Waals surface area contributed by atoms with Gasteiger partial charge in [0.2, 0.25) is 11.9 Å². The third kappa shape index (κ3) is 6.28. The van der Waals surface area contributed by atoms with Gasteiger partial charge in [-0.3, -0.25) is 4.79 Å². The van der Waals surface area contributed by atoms with Gasteiger partial charge < -0.3 is 16.4 Å². The molecule has 0 aliphatic heterocycles. The van der Waals surface area contributed by atoms with Gasteiger partial charge in [0.15, 0.2) is 5.69 Å². The molecule has 4 N–H and O–H groups in total. The standard InChI is InChI=1S/C12H18F3N5O/c1-2-17-11-19-8(12(13,14)15)7-10(20-11)18-6-4-3-5-9(16)21/h7H,2-6H2,1H3,(H2,16,21)(H2,17,18,19,20). The topological polar surface area (TPSA) is 92.9 Å². The van der Waals surface area contributed by atoms with E-state index >= 15 is 0 Å². The van der Waals surface area contributed by atoms with Gasteiger partial charge in [-0.25, -0.2) is 4.98 Å². The highest BCUT2D eigenvalue weighted by Gasteiger charge is 2.33. The van der Waals surface area contributed by atoms with Crippen molar-refractivity contribution in [1.82, 2.24) is 9.97 Å². The number of rotatable bonds is 8. The minimum atomic E-state index is -4.53. The average Bonchev–Trinajstić information content (AvgIpc) is 2.37. The Hall–Kier alpha value is -2.06. The quantitative estimate of drug-likeness (QED) is 0.639. The van der Waals surface area contributed by atoms with Crippen molar-refractivity contribution >= 4 is 17.7 Å². The van der Waals surface area contributed by atoms with E-state index in [-0.39, 0.29) is 18.2 Å². The van der Waals surface area contributed by atoms with E-state index in [1.54, 1.807) is 6.92 Å². The highest BCUT2D eigenvalue weighted by molar-refractivity contribution is 5.73. The number of hydrogen-bond donors (Lipinski definition) is 3. The number of aromatic nitrogens is 2. The number of amides is 1. The highest BCUT2D eigenvalue weighted by Crippen LogP contribution is 2.29. The summed E-state index contributed by atoms with van der Waals surface area (Å²) in [5.74, 6) is -0.384. The van der Waals surface area contributed by atoms with Gasteiger partial charge in [0.05, 0.1) is 0 Å².